The molecule has 0 aliphatic rings. The van der Waals surface area contributed by atoms with Crippen LogP contribution in [0.4, 0.5) is 5.95 Å². The average Bonchev–Trinajstić information content (AvgIpc) is 2.99. The maximum Gasteiger partial charge on any atom is 0.222 e. The highest BCUT2D eigenvalue weighted by Crippen LogP contribution is 2.27. The van der Waals surface area contributed by atoms with Gasteiger partial charge in [0, 0.05) is 0 Å². The predicted molar refractivity (Wildman–Crippen MR) is 91.5 cm³/mol. The van der Waals surface area contributed by atoms with Crippen molar-refractivity contribution in [3.8, 4) is 11.5 Å². The van der Waals surface area contributed by atoms with E-state index in [1.54, 1.807) is 13.3 Å². The Kier molecular flexibility index (Phi) is 4.42. The van der Waals surface area contributed by atoms with Gasteiger partial charge in [0.2, 0.25) is 5.95 Å². The van der Waals surface area contributed by atoms with Crippen LogP contribution in [0.2, 0.25) is 0 Å². The summed E-state index contributed by atoms with van der Waals surface area (Å²) in [5.41, 5.74) is 5.65. The van der Waals surface area contributed by atoms with Gasteiger partial charge in [-0.1, -0.05) is 12.1 Å². The van der Waals surface area contributed by atoms with E-state index >= 15 is 0 Å². The van der Waals surface area contributed by atoms with Crippen LogP contribution < -0.4 is 14.9 Å². The molecule has 0 aliphatic heterocycles. The average molecular weight is 310 g/mol. The Bertz CT molecular complexity index is 793. The highest BCUT2D eigenvalue weighted by molar-refractivity contribution is 5.82. The molecule has 0 unspecified atom stereocenters. The summed E-state index contributed by atoms with van der Waals surface area (Å²) in [7, 11) is 1.62. The number of para-hydroxylation sites is 2. The molecule has 3 rings (SSSR count). The third-order valence-corrected chi connectivity index (χ3v) is 3.26. The van der Waals surface area contributed by atoms with Crippen molar-refractivity contribution in [2.45, 2.75) is 6.92 Å². The first-order chi connectivity index (χ1) is 11.3. The number of hydrazone groups is 1. The molecule has 0 saturated heterocycles. The van der Waals surface area contributed by atoms with Crippen LogP contribution in [-0.2, 0) is 0 Å². The van der Waals surface area contributed by atoms with Crippen molar-refractivity contribution >= 4 is 23.2 Å². The van der Waals surface area contributed by atoms with Crippen molar-refractivity contribution < 1.29 is 9.47 Å². The SMILES string of the molecule is CCOc1ccc(/C=N\Nc2nc3ccccc3[nH]2)cc1OC. The lowest BCUT2D eigenvalue weighted by Crippen LogP contribution is -1.97. The smallest absolute Gasteiger partial charge is 0.222 e. The second-order valence-corrected chi connectivity index (χ2v) is 4.82. The lowest BCUT2D eigenvalue weighted by atomic mass is 10.2. The lowest BCUT2D eigenvalue weighted by Gasteiger charge is -2.09. The molecule has 6 heteroatoms. The second-order valence-electron chi connectivity index (χ2n) is 4.82. The first-order valence-corrected chi connectivity index (χ1v) is 7.35. The number of aromatic nitrogens is 2. The molecule has 0 spiro atoms. The number of benzene rings is 2. The van der Waals surface area contributed by atoms with Crippen LogP contribution in [0, 0.1) is 0 Å². The third-order valence-electron chi connectivity index (χ3n) is 3.26. The highest BCUT2D eigenvalue weighted by Gasteiger charge is 2.04. The van der Waals surface area contributed by atoms with Crippen LogP contribution >= 0.6 is 0 Å². The molecule has 1 heterocycles. The highest BCUT2D eigenvalue weighted by atomic mass is 16.5. The van der Waals surface area contributed by atoms with Crippen LogP contribution in [0.15, 0.2) is 47.6 Å². The third kappa shape index (κ3) is 3.42. The number of anilines is 1. The van der Waals surface area contributed by atoms with Crippen LogP contribution in [0.25, 0.3) is 11.0 Å². The molecule has 0 fully saturated rings. The number of ether oxygens (including phenoxy) is 2. The van der Waals surface area contributed by atoms with E-state index in [0.29, 0.717) is 18.3 Å². The minimum absolute atomic E-state index is 0.595. The standard InChI is InChI=1S/C17H18N4O2/c1-3-23-15-9-8-12(10-16(15)22-2)11-18-21-17-19-13-6-4-5-7-14(13)20-17/h4-11H,3H2,1-2H3,(H2,19,20,21)/b18-11-. The summed E-state index contributed by atoms with van der Waals surface area (Å²) in [6, 6.07) is 13.5. The number of imidazole rings is 1. The van der Waals surface area contributed by atoms with E-state index in [9.17, 15) is 0 Å². The molecule has 6 nitrogen and oxygen atoms in total. The van der Waals surface area contributed by atoms with E-state index < -0.39 is 0 Å². The Morgan fingerprint density at radius 3 is 2.87 bits per heavy atom. The maximum absolute atomic E-state index is 5.49. The Morgan fingerprint density at radius 1 is 1.22 bits per heavy atom. The Labute approximate surface area is 134 Å². The van der Waals surface area contributed by atoms with E-state index in [0.717, 1.165) is 22.3 Å². The van der Waals surface area contributed by atoms with Gasteiger partial charge in [-0.2, -0.15) is 5.10 Å². The maximum atomic E-state index is 5.49. The molecule has 23 heavy (non-hydrogen) atoms. The fourth-order valence-corrected chi connectivity index (χ4v) is 2.21. The van der Waals surface area contributed by atoms with Gasteiger partial charge in [-0.15, -0.1) is 0 Å². The normalized spacial score (nSPS) is 11.0. The Balaban J connectivity index is 1.72. The van der Waals surface area contributed by atoms with Gasteiger partial charge in [0.25, 0.3) is 0 Å². The van der Waals surface area contributed by atoms with Crippen molar-refractivity contribution in [1.82, 2.24) is 9.97 Å². The molecule has 0 aliphatic carbocycles. The summed E-state index contributed by atoms with van der Waals surface area (Å²) in [6.07, 6.45) is 1.70. The summed E-state index contributed by atoms with van der Waals surface area (Å²) in [5.74, 6) is 2.00. The van der Waals surface area contributed by atoms with Crippen LogP contribution in [-0.4, -0.2) is 29.9 Å². The van der Waals surface area contributed by atoms with Crippen molar-refractivity contribution in [2.24, 2.45) is 5.10 Å². The summed E-state index contributed by atoms with van der Waals surface area (Å²) in [4.78, 5) is 7.54. The fraction of sp³-hybridized carbons (Fsp3) is 0.176. The monoisotopic (exact) mass is 310 g/mol. The molecule has 2 aromatic carbocycles. The molecular weight excluding hydrogens is 292 g/mol. The van der Waals surface area contributed by atoms with Crippen molar-refractivity contribution in [1.29, 1.82) is 0 Å². The van der Waals surface area contributed by atoms with Gasteiger partial charge in [-0.05, 0) is 42.8 Å². The Morgan fingerprint density at radius 2 is 2.09 bits per heavy atom. The molecular formula is C17H18N4O2. The van der Waals surface area contributed by atoms with Gasteiger partial charge in [-0.25, -0.2) is 10.4 Å². The molecule has 1 aromatic heterocycles. The summed E-state index contributed by atoms with van der Waals surface area (Å²) in [6.45, 7) is 2.53. The second kappa shape index (κ2) is 6.83. The zero-order valence-electron chi connectivity index (χ0n) is 13.0. The zero-order valence-corrected chi connectivity index (χ0v) is 13.0. The van der Waals surface area contributed by atoms with Crippen LogP contribution in [0.5, 0.6) is 11.5 Å². The van der Waals surface area contributed by atoms with Crippen molar-refractivity contribution in [2.75, 3.05) is 19.1 Å². The molecule has 2 N–H and O–H groups in total. The predicted octanol–water partition coefficient (Wildman–Crippen LogP) is 3.42. The summed E-state index contributed by atoms with van der Waals surface area (Å²) < 4.78 is 10.8. The van der Waals surface area contributed by atoms with E-state index in [2.05, 4.69) is 20.5 Å². The Hall–Kier alpha value is -3.02. The quantitative estimate of drug-likeness (QED) is 0.540. The number of aromatic amines is 1. The summed E-state index contributed by atoms with van der Waals surface area (Å²) in [5, 5.41) is 4.19. The van der Waals surface area contributed by atoms with E-state index in [1.165, 1.54) is 0 Å². The molecule has 3 aromatic rings. The first-order valence-electron chi connectivity index (χ1n) is 7.35. The van der Waals surface area contributed by atoms with Crippen LogP contribution in [0.1, 0.15) is 12.5 Å². The topological polar surface area (TPSA) is 71.5 Å². The van der Waals surface area contributed by atoms with E-state index in [-0.39, 0.29) is 0 Å². The summed E-state index contributed by atoms with van der Waals surface area (Å²) >= 11 is 0. The minimum Gasteiger partial charge on any atom is -0.493 e. The van der Waals surface area contributed by atoms with E-state index in [4.69, 9.17) is 9.47 Å². The number of hydrogen-bond acceptors (Lipinski definition) is 5. The van der Waals surface area contributed by atoms with Gasteiger partial charge >= 0.3 is 0 Å². The molecule has 0 saturated carbocycles. The van der Waals surface area contributed by atoms with Gasteiger partial charge in [0.1, 0.15) is 0 Å². The van der Waals surface area contributed by atoms with Gasteiger partial charge in [0.05, 0.1) is 31.0 Å². The molecule has 0 radical (unpaired) electrons. The molecule has 0 atom stereocenters. The molecule has 0 amide bonds. The number of nitrogens with zero attached hydrogens (tertiary/aromatic N) is 2. The number of H-pyrrole nitrogens is 1. The zero-order chi connectivity index (χ0) is 16.1. The lowest BCUT2D eigenvalue weighted by molar-refractivity contribution is 0.311. The minimum atomic E-state index is 0.595. The fourth-order valence-electron chi connectivity index (χ4n) is 2.21. The number of rotatable bonds is 6. The van der Waals surface area contributed by atoms with Crippen LogP contribution in [0.3, 0.4) is 0 Å². The van der Waals surface area contributed by atoms with E-state index in [1.807, 2.05) is 49.4 Å². The number of hydrogen-bond donors (Lipinski definition) is 2. The number of fused-ring (bicyclic) bond motifs is 1. The van der Waals surface area contributed by atoms with Gasteiger partial charge in [-0.3, -0.25) is 0 Å². The van der Waals surface area contributed by atoms with Crippen molar-refractivity contribution in [3.63, 3.8) is 0 Å². The van der Waals surface area contributed by atoms with Crippen molar-refractivity contribution in [3.05, 3.63) is 48.0 Å². The number of methoxy groups -OCH3 is 1. The first kappa shape index (κ1) is 14.9. The number of nitrogens with one attached hydrogen (secondary N) is 2. The van der Waals surface area contributed by atoms with Gasteiger partial charge < -0.3 is 14.5 Å². The largest absolute Gasteiger partial charge is 0.493 e. The molecule has 0 bridgehead atoms. The molecule has 118 valence electrons. The van der Waals surface area contributed by atoms with Gasteiger partial charge in [0.15, 0.2) is 11.5 Å².